The van der Waals surface area contributed by atoms with E-state index in [0.717, 1.165) is 12.8 Å². The van der Waals surface area contributed by atoms with Gasteiger partial charge < -0.3 is 10.4 Å². The van der Waals surface area contributed by atoms with Crippen LogP contribution in [0.15, 0.2) is 5.83 Å². The van der Waals surface area contributed by atoms with Crippen molar-refractivity contribution in [2.45, 2.75) is 58.6 Å². The van der Waals surface area contributed by atoms with E-state index in [1.807, 2.05) is 6.92 Å². The average molecular weight is 280 g/mol. The van der Waals surface area contributed by atoms with Crippen molar-refractivity contribution < 1.29 is 9.50 Å². The molecule has 110 valence electrons. The van der Waals surface area contributed by atoms with Gasteiger partial charge in [0.25, 0.3) is 0 Å². The van der Waals surface area contributed by atoms with Gasteiger partial charge >= 0.3 is 0 Å². The van der Waals surface area contributed by atoms with Crippen LogP contribution >= 0.6 is 0 Å². The number of aliphatic hydroxyl groups excluding tert-OH is 1. The predicted molar refractivity (Wildman–Crippen MR) is 75.8 cm³/mol. The third kappa shape index (κ3) is 3.30. The first-order valence-electron chi connectivity index (χ1n) is 7.07. The van der Waals surface area contributed by atoms with Crippen molar-refractivity contribution in [3.8, 4) is 0 Å². The molecule has 0 saturated heterocycles. The Morgan fingerprint density at radius 3 is 2.85 bits per heavy atom. The normalized spacial score (nSPS) is 20.9. The molecule has 2 rings (SSSR count). The molecule has 2 atom stereocenters. The van der Waals surface area contributed by atoms with Crippen molar-refractivity contribution in [1.29, 1.82) is 0 Å². The highest BCUT2D eigenvalue weighted by Gasteiger charge is 2.24. The molecule has 0 aliphatic heterocycles. The Bertz CT molecular complexity index is 518. The summed E-state index contributed by atoms with van der Waals surface area (Å²) in [7, 11) is 0. The molecule has 1 aromatic heterocycles. The van der Waals surface area contributed by atoms with E-state index in [1.165, 1.54) is 0 Å². The summed E-state index contributed by atoms with van der Waals surface area (Å²) in [5.74, 6) is 0.833. The fourth-order valence-electron chi connectivity index (χ4n) is 2.14. The number of rotatable bonds is 4. The number of hydrogen-bond acceptors (Lipinski definition) is 5. The molecule has 20 heavy (non-hydrogen) atoms. The number of aryl methyl sites for hydroxylation is 1. The highest BCUT2D eigenvalue weighted by atomic mass is 19.1. The summed E-state index contributed by atoms with van der Waals surface area (Å²) in [4.78, 5) is 12.7. The Balaban J connectivity index is 2.34. The van der Waals surface area contributed by atoms with Gasteiger partial charge in [-0.3, -0.25) is 0 Å². The quantitative estimate of drug-likeness (QED) is 0.887. The molecule has 0 bridgehead atoms. The maximum absolute atomic E-state index is 14.0. The molecule has 2 N–H and O–H groups in total. The largest absolute Gasteiger partial charge is 0.386 e. The molecule has 0 radical (unpaired) electrons. The molecular formula is C14H21FN4O. The van der Waals surface area contributed by atoms with Gasteiger partial charge in [0.1, 0.15) is 17.8 Å². The maximum atomic E-state index is 14.0. The van der Waals surface area contributed by atoms with Crippen LogP contribution in [0.2, 0.25) is 0 Å². The van der Waals surface area contributed by atoms with Gasteiger partial charge in [-0.15, -0.1) is 0 Å². The number of nitrogens with one attached hydrogen (secondary N) is 1. The zero-order valence-corrected chi connectivity index (χ0v) is 12.1. The first-order valence-corrected chi connectivity index (χ1v) is 7.07. The third-order valence-corrected chi connectivity index (χ3v) is 3.49. The molecule has 0 fully saturated rings. The van der Waals surface area contributed by atoms with E-state index in [9.17, 15) is 9.50 Å². The first kappa shape index (κ1) is 14.8. The van der Waals surface area contributed by atoms with Crippen LogP contribution in [0.1, 0.15) is 51.2 Å². The Morgan fingerprint density at radius 2 is 2.15 bits per heavy atom. The van der Waals surface area contributed by atoms with Crippen molar-refractivity contribution in [3.63, 3.8) is 0 Å². The Hall–Kier alpha value is -1.56. The van der Waals surface area contributed by atoms with Crippen LogP contribution in [0, 0.1) is 6.92 Å². The van der Waals surface area contributed by atoms with Crippen LogP contribution in [0.3, 0.4) is 0 Å². The topological polar surface area (TPSA) is 70.9 Å². The van der Waals surface area contributed by atoms with Crippen molar-refractivity contribution in [3.05, 3.63) is 17.5 Å². The smallest absolute Gasteiger partial charge is 0.226 e. The van der Waals surface area contributed by atoms with E-state index in [0.29, 0.717) is 36.0 Å². The Labute approximate surface area is 118 Å². The minimum absolute atomic E-state index is 0.237. The van der Waals surface area contributed by atoms with E-state index in [-0.39, 0.29) is 6.04 Å². The maximum Gasteiger partial charge on any atom is 0.226 e. The van der Waals surface area contributed by atoms with Gasteiger partial charge in [-0.2, -0.15) is 9.97 Å². The zero-order valence-electron chi connectivity index (χ0n) is 12.1. The summed E-state index contributed by atoms with van der Waals surface area (Å²) in [5, 5.41) is 12.8. The Morgan fingerprint density at radius 1 is 1.40 bits per heavy atom. The number of allylic oxidation sites excluding steroid dienone is 1. The number of nitrogens with zero attached hydrogens (tertiary/aromatic N) is 3. The lowest BCUT2D eigenvalue weighted by Crippen LogP contribution is -2.19. The predicted octanol–water partition coefficient (Wildman–Crippen LogP) is 2.62. The van der Waals surface area contributed by atoms with Crippen LogP contribution in [-0.2, 0) is 0 Å². The van der Waals surface area contributed by atoms with Gasteiger partial charge in [-0.25, -0.2) is 9.37 Å². The molecule has 1 unspecified atom stereocenters. The van der Waals surface area contributed by atoms with E-state index >= 15 is 0 Å². The van der Waals surface area contributed by atoms with Gasteiger partial charge in [0.15, 0.2) is 5.82 Å². The molecule has 6 heteroatoms. The number of hydrogen-bond donors (Lipinski definition) is 2. The van der Waals surface area contributed by atoms with Gasteiger partial charge in [0, 0.05) is 11.6 Å². The average Bonchev–Trinajstić information content (AvgIpc) is 2.41. The van der Waals surface area contributed by atoms with E-state index in [2.05, 4.69) is 27.2 Å². The van der Waals surface area contributed by atoms with E-state index < -0.39 is 11.9 Å². The van der Waals surface area contributed by atoms with Gasteiger partial charge in [0.05, 0.1) is 0 Å². The monoisotopic (exact) mass is 280 g/mol. The van der Waals surface area contributed by atoms with Crippen LogP contribution in [0.25, 0.3) is 5.57 Å². The van der Waals surface area contributed by atoms with Crippen LogP contribution in [-0.4, -0.2) is 32.2 Å². The molecular weight excluding hydrogens is 259 g/mol. The highest BCUT2D eigenvalue weighted by molar-refractivity contribution is 5.64. The number of aliphatic hydroxyl groups is 1. The van der Waals surface area contributed by atoms with Crippen LogP contribution in [0.5, 0.6) is 0 Å². The first-order chi connectivity index (χ1) is 9.51. The summed E-state index contributed by atoms with van der Waals surface area (Å²) in [5.41, 5.74) is 0.404. The molecule has 1 aliphatic rings. The van der Waals surface area contributed by atoms with E-state index in [4.69, 9.17) is 0 Å². The van der Waals surface area contributed by atoms with Crippen molar-refractivity contribution >= 4 is 11.5 Å². The lowest BCUT2D eigenvalue weighted by atomic mass is 9.96. The summed E-state index contributed by atoms with van der Waals surface area (Å²) in [6.07, 6.45) is 1.66. The summed E-state index contributed by atoms with van der Waals surface area (Å²) in [6, 6.07) is 0.237. The standard InChI is InChI=1S/C14H21FN4O/c1-4-8(2)16-14-18-9(3)17-13(19-14)10-6-5-7-11(20)12(10)15/h8,11,20H,4-7H2,1-3H3,(H,16,17,18,19)/t8-,11?/m0/s1. The number of aromatic nitrogens is 3. The minimum atomic E-state index is -1.03. The van der Waals surface area contributed by atoms with Crippen LogP contribution < -0.4 is 5.32 Å². The fraction of sp³-hybridized carbons (Fsp3) is 0.643. The number of halogens is 1. The van der Waals surface area contributed by atoms with Crippen LogP contribution in [0.4, 0.5) is 10.3 Å². The SMILES string of the molecule is CC[C@H](C)Nc1nc(C)nc(C2=C(F)C(O)CCC2)n1. The zero-order chi connectivity index (χ0) is 14.7. The minimum Gasteiger partial charge on any atom is -0.386 e. The highest BCUT2D eigenvalue weighted by Crippen LogP contribution is 2.31. The Kier molecular flexibility index (Phi) is 4.65. The molecule has 1 aromatic rings. The second kappa shape index (κ2) is 6.26. The second-order valence-corrected chi connectivity index (χ2v) is 5.22. The van der Waals surface area contributed by atoms with Crippen molar-refractivity contribution in [2.24, 2.45) is 0 Å². The molecule has 0 spiro atoms. The molecule has 0 saturated carbocycles. The van der Waals surface area contributed by atoms with Gasteiger partial charge in [-0.1, -0.05) is 6.92 Å². The lowest BCUT2D eigenvalue weighted by Gasteiger charge is -2.19. The molecule has 5 nitrogen and oxygen atoms in total. The summed E-state index contributed by atoms with van der Waals surface area (Å²) < 4.78 is 14.0. The lowest BCUT2D eigenvalue weighted by molar-refractivity contribution is 0.165. The summed E-state index contributed by atoms with van der Waals surface area (Å²) in [6.45, 7) is 5.85. The molecule has 1 aliphatic carbocycles. The van der Waals surface area contributed by atoms with Crippen molar-refractivity contribution in [2.75, 3.05) is 5.32 Å². The van der Waals surface area contributed by atoms with E-state index in [1.54, 1.807) is 6.92 Å². The number of anilines is 1. The third-order valence-electron chi connectivity index (χ3n) is 3.49. The summed E-state index contributed by atoms with van der Waals surface area (Å²) >= 11 is 0. The van der Waals surface area contributed by atoms with Crippen molar-refractivity contribution in [1.82, 2.24) is 15.0 Å². The van der Waals surface area contributed by atoms with Gasteiger partial charge in [0.2, 0.25) is 5.95 Å². The second-order valence-electron chi connectivity index (χ2n) is 5.22. The van der Waals surface area contributed by atoms with Gasteiger partial charge in [-0.05, 0) is 39.5 Å². The molecule has 1 heterocycles. The molecule has 0 aromatic carbocycles. The fourth-order valence-corrected chi connectivity index (χ4v) is 2.14. The molecule has 0 amide bonds.